The molecule has 0 spiro atoms. The third-order valence-corrected chi connectivity index (χ3v) is 4.96. The summed E-state index contributed by atoms with van der Waals surface area (Å²) in [5, 5.41) is 5.03. The quantitative estimate of drug-likeness (QED) is 0.670. The second-order valence-corrected chi connectivity index (χ2v) is 6.96. The highest BCUT2D eigenvalue weighted by atomic mass is 35.5. The number of halogens is 3. The molecule has 2 N–H and O–H groups in total. The van der Waals surface area contributed by atoms with Crippen LogP contribution in [0.5, 0.6) is 5.75 Å². The van der Waals surface area contributed by atoms with E-state index in [1.165, 1.54) is 19.4 Å². The molecule has 8 nitrogen and oxygen atoms in total. The summed E-state index contributed by atoms with van der Waals surface area (Å²) in [6.07, 6.45) is 3.45. The van der Waals surface area contributed by atoms with E-state index in [1.807, 2.05) is 0 Å². The van der Waals surface area contributed by atoms with Crippen LogP contribution in [-0.4, -0.2) is 59.5 Å². The number of aromatic nitrogens is 2. The molecular weight excluding hydrogens is 420 g/mol. The Morgan fingerprint density at radius 1 is 1.23 bits per heavy atom. The van der Waals surface area contributed by atoms with Gasteiger partial charge in [0, 0.05) is 57.5 Å². The van der Waals surface area contributed by atoms with Gasteiger partial charge in [-0.3, -0.25) is 9.59 Å². The molecule has 0 aliphatic carbocycles. The Bertz CT molecular complexity index is 938. The average molecular weight is 440 g/mol. The molecule has 3 rings (SSSR count). The number of nitrogens with zero attached hydrogens (tertiary/aromatic N) is 3. The van der Waals surface area contributed by atoms with Gasteiger partial charge in [-0.25, -0.2) is 18.7 Å². The fourth-order valence-corrected chi connectivity index (χ4v) is 3.20. The van der Waals surface area contributed by atoms with E-state index in [0.29, 0.717) is 32.0 Å². The van der Waals surface area contributed by atoms with E-state index in [9.17, 15) is 18.4 Å². The van der Waals surface area contributed by atoms with E-state index in [1.54, 1.807) is 4.90 Å². The van der Waals surface area contributed by atoms with Crippen molar-refractivity contribution in [3.63, 3.8) is 0 Å². The summed E-state index contributed by atoms with van der Waals surface area (Å²) in [4.78, 5) is 33.9. The van der Waals surface area contributed by atoms with E-state index in [4.69, 9.17) is 16.3 Å². The Morgan fingerprint density at radius 2 is 1.93 bits per heavy atom. The highest BCUT2D eigenvalue weighted by Crippen LogP contribution is 2.30. The molecule has 30 heavy (non-hydrogen) atoms. The second-order valence-electron chi connectivity index (χ2n) is 6.58. The van der Waals surface area contributed by atoms with Crippen molar-refractivity contribution in [3.8, 4) is 5.75 Å². The molecule has 1 fully saturated rings. The zero-order valence-corrected chi connectivity index (χ0v) is 16.9. The average Bonchev–Trinajstić information content (AvgIpc) is 2.75. The number of likely N-dealkylation sites (tertiary alicyclic amines) is 1. The minimum absolute atomic E-state index is 0.0509. The van der Waals surface area contributed by atoms with E-state index < -0.39 is 17.5 Å². The predicted octanol–water partition coefficient (Wildman–Crippen LogP) is 2.25. The molecule has 2 amide bonds. The van der Waals surface area contributed by atoms with Gasteiger partial charge in [-0.2, -0.15) is 0 Å². The van der Waals surface area contributed by atoms with Gasteiger partial charge in [0.25, 0.3) is 5.91 Å². The van der Waals surface area contributed by atoms with Gasteiger partial charge in [0.2, 0.25) is 5.91 Å². The molecule has 0 saturated carbocycles. The molecule has 160 valence electrons. The molecule has 1 aliphatic rings. The summed E-state index contributed by atoms with van der Waals surface area (Å²) < 4.78 is 32.6. The van der Waals surface area contributed by atoms with Crippen molar-refractivity contribution in [2.24, 2.45) is 0 Å². The third kappa shape index (κ3) is 5.12. The predicted molar refractivity (Wildman–Crippen MR) is 106 cm³/mol. The second kappa shape index (κ2) is 9.66. The lowest BCUT2D eigenvalue weighted by atomic mass is 10.1. The van der Waals surface area contributed by atoms with Crippen molar-refractivity contribution in [1.82, 2.24) is 20.2 Å². The molecule has 1 aliphatic heterocycles. The van der Waals surface area contributed by atoms with Crippen LogP contribution in [0.1, 0.15) is 23.3 Å². The van der Waals surface area contributed by atoms with Gasteiger partial charge < -0.3 is 20.3 Å². The maximum atomic E-state index is 13.5. The molecule has 0 radical (unpaired) electrons. The molecule has 0 atom stereocenters. The van der Waals surface area contributed by atoms with Crippen molar-refractivity contribution in [3.05, 3.63) is 46.9 Å². The molecule has 1 aromatic heterocycles. The zero-order chi connectivity index (χ0) is 21.7. The number of hydrogen-bond donors (Lipinski definition) is 2. The van der Waals surface area contributed by atoms with Gasteiger partial charge in [-0.05, 0) is 0 Å². The van der Waals surface area contributed by atoms with Crippen molar-refractivity contribution in [2.45, 2.75) is 18.9 Å². The molecule has 11 heteroatoms. The molecule has 2 aromatic rings. The van der Waals surface area contributed by atoms with E-state index in [2.05, 4.69) is 20.6 Å². The normalized spacial score (nSPS) is 14.3. The Balaban J connectivity index is 1.52. The van der Waals surface area contributed by atoms with Crippen LogP contribution < -0.4 is 15.4 Å². The lowest BCUT2D eigenvalue weighted by Gasteiger charge is -2.32. The maximum Gasteiger partial charge on any atom is 0.273 e. The molecular formula is C19H20ClF2N5O3. The lowest BCUT2D eigenvalue weighted by molar-refractivity contribution is -0.131. The number of nitrogens with one attached hydrogen (secondary N) is 2. The fraction of sp³-hybridized carbons (Fsp3) is 0.368. The lowest BCUT2D eigenvalue weighted by Crippen LogP contribution is -2.44. The Morgan fingerprint density at radius 3 is 2.63 bits per heavy atom. The SMILES string of the molecule is CNC(=O)c1nccnc1NCC(=O)N1CCC(Oc2cc(F)cc(F)c2Cl)CC1. The highest BCUT2D eigenvalue weighted by molar-refractivity contribution is 6.32. The Kier molecular flexibility index (Phi) is 6.99. The van der Waals surface area contributed by atoms with Crippen LogP contribution in [0.15, 0.2) is 24.5 Å². The Hall–Kier alpha value is -3.01. The Labute approximate surface area is 176 Å². The van der Waals surface area contributed by atoms with Gasteiger partial charge in [0.1, 0.15) is 28.5 Å². The summed E-state index contributed by atoms with van der Waals surface area (Å²) >= 11 is 5.83. The first-order valence-corrected chi connectivity index (χ1v) is 9.62. The minimum Gasteiger partial charge on any atom is -0.489 e. The summed E-state index contributed by atoms with van der Waals surface area (Å²) in [7, 11) is 1.48. The molecule has 1 aromatic carbocycles. The summed E-state index contributed by atoms with van der Waals surface area (Å²) in [5.41, 5.74) is 0.0964. The van der Waals surface area contributed by atoms with E-state index >= 15 is 0 Å². The fourth-order valence-electron chi connectivity index (χ4n) is 3.04. The number of benzene rings is 1. The van der Waals surface area contributed by atoms with Crippen LogP contribution in [0.3, 0.4) is 0 Å². The number of carbonyl (C=O) groups excluding carboxylic acids is 2. The summed E-state index contributed by atoms with van der Waals surface area (Å²) in [6, 6.07) is 1.73. The first-order chi connectivity index (χ1) is 14.4. The van der Waals surface area contributed by atoms with Gasteiger partial charge >= 0.3 is 0 Å². The van der Waals surface area contributed by atoms with Gasteiger partial charge in [0.05, 0.1) is 6.54 Å². The summed E-state index contributed by atoms with van der Waals surface area (Å²) in [6.45, 7) is 0.752. The van der Waals surface area contributed by atoms with Gasteiger partial charge in [0.15, 0.2) is 11.5 Å². The zero-order valence-electron chi connectivity index (χ0n) is 16.1. The number of carbonyl (C=O) groups is 2. The van der Waals surface area contributed by atoms with Gasteiger partial charge in [-0.15, -0.1) is 0 Å². The van der Waals surface area contributed by atoms with E-state index in [0.717, 1.165) is 6.07 Å². The largest absolute Gasteiger partial charge is 0.489 e. The van der Waals surface area contributed by atoms with Gasteiger partial charge in [-0.1, -0.05) is 11.6 Å². The number of ether oxygens (including phenoxy) is 1. The van der Waals surface area contributed by atoms with Crippen molar-refractivity contribution >= 4 is 29.2 Å². The number of anilines is 1. The highest BCUT2D eigenvalue weighted by Gasteiger charge is 2.25. The molecule has 0 unspecified atom stereocenters. The van der Waals surface area contributed by atoms with Crippen LogP contribution >= 0.6 is 11.6 Å². The monoisotopic (exact) mass is 439 g/mol. The molecule has 2 heterocycles. The number of rotatable bonds is 6. The smallest absolute Gasteiger partial charge is 0.273 e. The maximum absolute atomic E-state index is 13.5. The van der Waals surface area contributed by atoms with Crippen LogP contribution in [-0.2, 0) is 4.79 Å². The standard InChI is InChI=1S/C19H20ClF2N5O3/c1-23-19(29)17-18(25-5-4-24-17)26-10-15(28)27-6-2-12(3-7-27)30-14-9-11(21)8-13(22)16(14)20/h4-5,8-9,12H,2-3,6-7,10H2,1H3,(H,23,29)(H,25,26). The minimum atomic E-state index is -0.884. The molecule has 1 saturated heterocycles. The summed E-state index contributed by atoms with van der Waals surface area (Å²) in [5.74, 6) is -2.09. The van der Waals surface area contributed by atoms with Crippen molar-refractivity contribution < 1.29 is 23.1 Å². The first-order valence-electron chi connectivity index (χ1n) is 9.25. The first kappa shape index (κ1) is 21.7. The third-order valence-electron chi connectivity index (χ3n) is 4.60. The van der Waals surface area contributed by atoms with E-state index in [-0.39, 0.29) is 40.8 Å². The van der Waals surface area contributed by atoms with Crippen LogP contribution in [0.25, 0.3) is 0 Å². The van der Waals surface area contributed by atoms with Crippen LogP contribution in [0.2, 0.25) is 5.02 Å². The van der Waals surface area contributed by atoms with Crippen LogP contribution in [0, 0.1) is 11.6 Å². The molecule has 0 bridgehead atoms. The number of hydrogen-bond acceptors (Lipinski definition) is 6. The number of piperidine rings is 1. The van der Waals surface area contributed by atoms with Crippen molar-refractivity contribution in [1.29, 1.82) is 0 Å². The van der Waals surface area contributed by atoms with Crippen LogP contribution in [0.4, 0.5) is 14.6 Å². The number of amides is 2. The topological polar surface area (TPSA) is 96.4 Å². The van der Waals surface area contributed by atoms with Crippen molar-refractivity contribution in [2.75, 3.05) is 32.0 Å².